The summed E-state index contributed by atoms with van der Waals surface area (Å²) in [5.74, 6) is 1.72. The van der Waals surface area contributed by atoms with E-state index in [9.17, 15) is 0 Å². The van der Waals surface area contributed by atoms with Gasteiger partial charge in [-0.25, -0.2) is 0 Å². The molecule has 1 aromatic rings. The van der Waals surface area contributed by atoms with Crippen LogP contribution < -0.4 is 10.1 Å². The lowest BCUT2D eigenvalue weighted by Gasteiger charge is -2.38. The predicted octanol–water partition coefficient (Wildman–Crippen LogP) is 4.80. The van der Waals surface area contributed by atoms with Crippen molar-refractivity contribution in [3.63, 3.8) is 0 Å². The maximum absolute atomic E-state index is 5.36. The molecule has 0 aliphatic heterocycles. The third-order valence-electron chi connectivity index (χ3n) is 5.02. The van der Waals surface area contributed by atoms with Crippen LogP contribution in [0.2, 0.25) is 0 Å². The summed E-state index contributed by atoms with van der Waals surface area (Å²) < 4.78 is 6.54. The molecule has 3 heteroatoms. The zero-order valence-corrected chi connectivity index (χ0v) is 15.3. The van der Waals surface area contributed by atoms with Crippen molar-refractivity contribution in [1.29, 1.82) is 0 Å². The van der Waals surface area contributed by atoms with Gasteiger partial charge in [0.15, 0.2) is 0 Å². The maximum Gasteiger partial charge on any atom is 0.119 e. The minimum Gasteiger partial charge on any atom is -0.497 e. The third kappa shape index (κ3) is 4.46. The number of benzene rings is 1. The number of likely N-dealkylation sites (N-methyl/N-ethyl adjacent to an activating group) is 1. The van der Waals surface area contributed by atoms with Crippen LogP contribution in [0.4, 0.5) is 0 Å². The molecule has 0 spiro atoms. The van der Waals surface area contributed by atoms with Gasteiger partial charge in [0.2, 0.25) is 0 Å². The predicted molar refractivity (Wildman–Crippen MR) is 93.0 cm³/mol. The smallest absolute Gasteiger partial charge is 0.119 e. The Morgan fingerprint density at radius 3 is 2.57 bits per heavy atom. The minimum absolute atomic E-state index is 0.533. The molecule has 0 radical (unpaired) electrons. The molecule has 1 unspecified atom stereocenters. The van der Waals surface area contributed by atoms with Crippen LogP contribution >= 0.6 is 15.9 Å². The number of hydrogen-bond acceptors (Lipinski definition) is 2. The van der Waals surface area contributed by atoms with E-state index >= 15 is 0 Å². The van der Waals surface area contributed by atoms with Crippen LogP contribution in [0.25, 0.3) is 0 Å². The van der Waals surface area contributed by atoms with Gasteiger partial charge in [0.25, 0.3) is 0 Å². The number of methoxy groups -OCH3 is 1. The van der Waals surface area contributed by atoms with Gasteiger partial charge in [0, 0.05) is 10.5 Å². The number of rotatable bonds is 5. The lowest BCUT2D eigenvalue weighted by Crippen LogP contribution is -2.39. The van der Waals surface area contributed by atoms with E-state index in [2.05, 4.69) is 54.3 Å². The highest BCUT2D eigenvalue weighted by molar-refractivity contribution is 9.10. The van der Waals surface area contributed by atoms with Gasteiger partial charge in [0.05, 0.1) is 7.11 Å². The summed E-state index contributed by atoms with van der Waals surface area (Å²) in [6, 6.07) is 6.79. The molecule has 0 heterocycles. The van der Waals surface area contributed by atoms with Gasteiger partial charge in [-0.1, -0.05) is 29.8 Å². The van der Waals surface area contributed by atoms with Crippen molar-refractivity contribution in [1.82, 2.24) is 5.32 Å². The van der Waals surface area contributed by atoms with Crippen LogP contribution in [0.5, 0.6) is 5.75 Å². The molecule has 0 bridgehead atoms. The Bertz CT molecular complexity index is 462. The Hall–Kier alpha value is -0.540. The lowest BCUT2D eigenvalue weighted by atomic mass is 9.70. The fourth-order valence-electron chi connectivity index (χ4n) is 3.40. The lowest BCUT2D eigenvalue weighted by molar-refractivity contribution is 0.163. The molecule has 1 fully saturated rings. The topological polar surface area (TPSA) is 21.3 Å². The van der Waals surface area contributed by atoms with Gasteiger partial charge < -0.3 is 10.1 Å². The molecule has 1 N–H and O–H groups in total. The summed E-state index contributed by atoms with van der Waals surface area (Å²) in [6.45, 7) is 4.80. The molecule has 21 heavy (non-hydrogen) atoms. The van der Waals surface area contributed by atoms with Crippen molar-refractivity contribution in [2.24, 2.45) is 11.3 Å². The van der Waals surface area contributed by atoms with Crippen LogP contribution in [0.1, 0.15) is 45.1 Å². The molecule has 0 aromatic heterocycles. The van der Waals surface area contributed by atoms with E-state index in [0.717, 1.165) is 18.1 Å². The summed E-state index contributed by atoms with van der Waals surface area (Å²) in [6.07, 6.45) is 6.41. The molecular weight excluding hydrogens is 326 g/mol. The summed E-state index contributed by atoms with van der Waals surface area (Å²) in [5.41, 5.74) is 1.87. The SMILES string of the molecule is CNC(Cc1cc(OC)ccc1Br)C1CCC(C)(C)CC1. The Morgan fingerprint density at radius 2 is 2.00 bits per heavy atom. The van der Waals surface area contributed by atoms with E-state index in [0.29, 0.717) is 11.5 Å². The highest BCUT2D eigenvalue weighted by atomic mass is 79.9. The average Bonchev–Trinajstić information content (AvgIpc) is 2.47. The molecule has 2 rings (SSSR count). The van der Waals surface area contributed by atoms with E-state index in [1.807, 2.05) is 6.07 Å². The van der Waals surface area contributed by atoms with Crippen molar-refractivity contribution in [3.05, 3.63) is 28.2 Å². The van der Waals surface area contributed by atoms with E-state index in [4.69, 9.17) is 4.74 Å². The van der Waals surface area contributed by atoms with E-state index < -0.39 is 0 Å². The zero-order chi connectivity index (χ0) is 15.5. The molecule has 1 atom stereocenters. The van der Waals surface area contributed by atoms with Crippen LogP contribution in [-0.4, -0.2) is 20.2 Å². The molecular formula is C18H28BrNO. The van der Waals surface area contributed by atoms with Crippen LogP contribution in [0, 0.1) is 11.3 Å². The van der Waals surface area contributed by atoms with Gasteiger partial charge in [-0.15, -0.1) is 0 Å². The molecule has 118 valence electrons. The number of ether oxygens (including phenoxy) is 1. The van der Waals surface area contributed by atoms with Gasteiger partial charge >= 0.3 is 0 Å². The first-order valence-electron chi connectivity index (χ1n) is 7.95. The Labute approximate surface area is 137 Å². The third-order valence-corrected chi connectivity index (χ3v) is 5.79. The van der Waals surface area contributed by atoms with Crippen molar-refractivity contribution in [2.45, 2.75) is 52.0 Å². The quantitative estimate of drug-likeness (QED) is 0.820. The van der Waals surface area contributed by atoms with E-state index in [1.54, 1.807) is 7.11 Å². The zero-order valence-electron chi connectivity index (χ0n) is 13.7. The van der Waals surface area contributed by atoms with Crippen LogP contribution in [0.15, 0.2) is 22.7 Å². The summed E-state index contributed by atoms with van der Waals surface area (Å²) in [4.78, 5) is 0. The first-order chi connectivity index (χ1) is 9.95. The van der Waals surface area contributed by atoms with Crippen LogP contribution in [0.3, 0.4) is 0 Å². The van der Waals surface area contributed by atoms with E-state index in [-0.39, 0.29) is 0 Å². The molecule has 1 aliphatic carbocycles. The van der Waals surface area contributed by atoms with Crippen molar-refractivity contribution >= 4 is 15.9 Å². The number of nitrogens with one attached hydrogen (secondary N) is 1. The Balaban J connectivity index is 2.06. The largest absolute Gasteiger partial charge is 0.497 e. The van der Waals surface area contributed by atoms with Crippen molar-refractivity contribution < 1.29 is 4.74 Å². The normalized spacial score (nSPS) is 20.2. The Kier molecular flexibility index (Phi) is 5.73. The van der Waals surface area contributed by atoms with Gasteiger partial charge in [0.1, 0.15) is 5.75 Å². The summed E-state index contributed by atoms with van der Waals surface area (Å²) >= 11 is 3.68. The molecule has 2 nitrogen and oxygen atoms in total. The van der Waals surface area contributed by atoms with Gasteiger partial charge in [-0.3, -0.25) is 0 Å². The highest BCUT2D eigenvalue weighted by Gasteiger charge is 2.31. The molecule has 0 amide bonds. The Morgan fingerprint density at radius 1 is 1.33 bits per heavy atom. The molecule has 1 aromatic carbocycles. The van der Waals surface area contributed by atoms with Gasteiger partial charge in [-0.05, 0) is 74.2 Å². The average molecular weight is 354 g/mol. The summed E-state index contributed by atoms with van der Waals surface area (Å²) in [5, 5.41) is 3.55. The minimum atomic E-state index is 0.533. The van der Waals surface area contributed by atoms with Gasteiger partial charge in [-0.2, -0.15) is 0 Å². The second kappa shape index (κ2) is 7.15. The monoisotopic (exact) mass is 353 g/mol. The maximum atomic E-state index is 5.36. The number of hydrogen-bond donors (Lipinski definition) is 1. The fraction of sp³-hybridized carbons (Fsp3) is 0.667. The van der Waals surface area contributed by atoms with E-state index in [1.165, 1.54) is 35.7 Å². The number of halogens is 1. The fourth-order valence-corrected chi connectivity index (χ4v) is 3.81. The van der Waals surface area contributed by atoms with Crippen LogP contribution in [-0.2, 0) is 6.42 Å². The highest BCUT2D eigenvalue weighted by Crippen LogP contribution is 2.40. The molecule has 0 saturated heterocycles. The van der Waals surface area contributed by atoms with Crippen molar-refractivity contribution in [2.75, 3.05) is 14.2 Å². The first-order valence-corrected chi connectivity index (χ1v) is 8.74. The first kappa shape index (κ1) is 16.8. The standard InChI is InChI=1S/C18H28BrNO/c1-18(2)9-7-13(8-10-18)17(20-3)12-14-11-15(21-4)5-6-16(14)19/h5-6,11,13,17,20H,7-10,12H2,1-4H3. The second-order valence-electron chi connectivity index (χ2n) is 7.06. The second-order valence-corrected chi connectivity index (χ2v) is 7.91. The summed E-state index contributed by atoms with van der Waals surface area (Å²) in [7, 11) is 3.82. The van der Waals surface area contributed by atoms with Crippen molar-refractivity contribution in [3.8, 4) is 5.75 Å². The molecule has 1 aliphatic rings. The molecule has 1 saturated carbocycles.